The Morgan fingerprint density at radius 1 is 1.42 bits per heavy atom. The van der Waals surface area contributed by atoms with E-state index in [9.17, 15) is 4.79 Å². The first-order valence-corrected chi connectivity index (χ1v) is 4.31. The lowest BCUT2D eigenvalue weighted by atomic mass is 9.99. The lowest BCUT2D eigenvalue weighted by molar-refractivity contribution is -0.142. The van der Waals surface area contributed by atoms with E-state index >= 15 is 0 Å². The average Bonchev–Trinajstić information content (AvgIpc) is 1.96. The average molecular weight is 174 g/mol. The van der Waals surface area contributed by atoms with Gasteiger partial charge < -0.3 is 16.6 Å². The smallest absolute Gasteiger partial charge is 0.306 e. The molecule has 0 saturated heterocycles. The summed E-state index contributed by atoms with van der Waals surface area (Å²) in [5.41, 5.74) is 10.7. The predicted octanol–water partition coefficient (Wildman–Crippen LogP) is 0.511. The van der Waals surface area contributed by atoms with Crippen molar-refractivity contribution in [3.8, 4) is 0 Å². The van der Waals surface area contributed by atoms with Gasteiger partial charge in [0.15, 0.2) is 0 Å². The monoisotopic (exact) mass is 174 g/mol. The van der Waals surface area contributed by atoms with Gasteiger partial charge in [-0.2, -0.15) is 0 Å². The summed E-state index contributed by atoms with van der Waals surface area (Å²) in [6.07, 6.45) is 2.54. The Morgan fingerprint density at radius 2 is 2.00 bits per heavy atom. The molecule has 0 saturated carbocycles. The van der Waals surface area contributed by atoms with Gasteiger partial charge in [0.25, 0.3) is 0 Å². The van der Waals surface area contributed by atoms with Crippen molar-refractivity contribution in [3.05, 3.63) is 0 Å². The fraction of sp³-hybridized carbons (Fsp3) is 0.875. The van der Waals surface area contributed by atoms with Gasteiger partial charge in [0, 0.05) is 0 Å². The van der Waals surface area contributed by atoms with Gasteiger partial charge in [0.1, 0.15) is 0 Å². The van der Waals surface area contributed by atoms with Gasteiger partial charge >= 0.3 is 5.97 Å². The number of carboxylic acids is 1. The van der Waals surface area contributed by atoms with E-state index in [2.05, 4.69) is 0 Å². The van der Waals surface area contributed by atoms with Crippen molar-refractivity contribution in [2.75, 3.05) is 0 Å². The normalized spacial score (nSPS) is 13.3. The van der Waals surface area contributed by atoms with Crippen LogP contribution < -0.4 is 11.5 Å². The van der Waals surface area contributed by atoms with Crippen LogP contribution in [-0.2, 0) is 4.79 Å². The maximum Gasteiger partial charge on any atom is 0.306 e. The first kappa shape index (κ1) is 11.4. The number of aliphatic carboxylic acids is 1. The molecule has 0 aromatic carbocycles. The highest BCUT2D eigenvalue weighted by atomic mass is 16.4. The maximum atomic E-state index is 10.5. The Morgan fingerprint density at radius 3 is 2.33 bits per heavy atom. The second-order valence-corrected chi connectivity index (χ2v) is 3.04. The van der Waals surface area contributed by atoms with Crippen molar-refractivity contribution in [2.45, 2.75) is 38.8 Å². The van der Waals surface area contributed by atoms with E-state index in [-0.39, 0.29) is 12.1 Å². The third kappa shape index (κ3) is 5.09. The Labute approximate surface area is 72.9 Å². The summed E-state index contributed by atoms with van der Waals surface area (Å²) < 4.78 is 0. The van der Waals surface area contributed by atoms with Crippen LogP contribution in [0.1, 0.15) is 32.6 Å². The summed E-state index contributed by atoms with van der Waals surface area (Å²) in [5, 5.41) is 8.68. The van der Waals surface area contributed by atoms with Gasteiger partial charge in [-0.05, 0) is 25.7 Å². The molecule has 0 aromatic rings. The van der Waals surface area contributed by atoms with Crippen LogP contribution in [0, 0.1) is 5.92 Å². The Kier molecular flexibility index (Phi) is 5.66. The number of nitrogens with two attached hydrogens (primary N) is 2. The lowest BCUT2D eigenvalue weighted by Gasteiger charge is -2.10. The van der Waals surface area contributed by atoms with Crippen molar-refractivity contribution in [1.29, 1.82) is 0 Å². The molecule has 0 heterocycles. The first-order valence-electron chi connectivity index (χ1n) is 4.31. The summed E-state index contributed by atoms with van der Waals surface area (Å²) in [6, 6.07) is 0. The minimum atomic E-state index is -0.719. The van der Waals surface area contributed by atoms with Gasteiger partial charge in [-0.25, -0.2) is 0 Å². The quantitative estimate of drug-likeness (QED) is 0.512. The first-order chi connectivity index (χ1) is 5.57. The molecule has 0 spiro atoms. The van der Waals surface area contributed by atoms with E-state index in [4.69, 9.17) is 16.6 Å². The van der Waals surface area contributed by atoms with Crippen LogP contribution in [0.4, 0.5) is 0 Å². The molecular formula is C8H18N2O2. The van der Waals surface area contributed by atoms with Crippen molar-refractivity contribution in [1.82, 2.24) is 0 Å². The highest BCUT2D eigenvalue weighted by Gasteiger charge is 2.13. The summed E-state index contributed by atoms with van der Waals surface area (Å²) in [4.78, 5) is 10.5. The third-order valence-corrected chi connectivity index (χ3v) is 1.93. The summed E-state index contributed by atoms with van der Waals surface area (Å²) >= 11 is 0. The summed E-state index contributed by atoms with van der Waals surface area (Å²) in [7, 11) is 0. The summed E-state index contributed by atoms with van der Waals surface area (Å²) in [6.45, 7) is 1.88. The Hall–Kier alpha value is -0.610. The van der Waals surface area contributed by atoms with E-state index in [1.807, 2.05) is 6.92 Å². The molecule has 0 aliphatic rings. The molecule has 1 atom stereocenters. The number of carboxylic acid groups (broad SMARTS) is 1. The van der Waals surface area contributed by atoms with Crippen LogP contribution in [0.2, 0.25) is 0 Å². The second kappa shape index (κ2) is 5.97. The molecule has 4 nitrogen and oxygen atoms in total. The minimum Gasteiger partial charge on any atom is -0.481 e. The third-order valence-electron chi connectivity index (χ3n) is 1.93. The van der Waals surface area contributed by atoms with Crippen LogP contribution in [0.5, 0.6) is 0 Å². The van der Waals surface area contributed by atoms with Crippen LogP contribution in [0.15, 0.2) is 0 Å². The summed E-state index contributed by atoms with van der Waals surface area (Å²) in [5.74, 6) is -0.952. The molecule has 0 fully saturated rings. The van der Waals surface area contributed by atoms with E-state index in [1.54, 1.807) is 0 Å². The largest absolute Gasteiger partial charge is 0.481 e. The molecule has 0 rings (SSSR count). The van der Waals surface area contributed by atoms with Gasteiger partial charge in [0.05, 0.1) is 12.1 Å². The Balaban J connectivity index is 3.52. The zero-order valence-electron chi connectivity index (χ0n) is 7.49. The fourth-order valence-corrected chi connectivity index (χ4v) is 1.10. The number of hydrogen-bond donors (Lipinski definition) is 3. The predicted molar refractivity (Wildman–Crippen MR) is 47.4 cm³/mol. The topological polar surface area (TPSA) is 89.3 Å². The molecule has 0 radical (unpaired) electrons. The van der Waals surface area contributed by atoms with Crippen LogP contribution >= 0.6 is 0 Å². The van der Waals surface area contributed by atoms with E-state index in [0.717, 1.165) is 6.42 Å². The molecule has 0 aliphatic carbocycles. The van der Waals surface area contributed by atoms with Crippen molar-refractivity contribution < 1.29 is 9.90 Å². The zero-order chi connectivity index (χ0) is 9.56. The van der Waals surface area contributed by atoms with Gasteiger partial charge in [0.2, 0.25) is 0 Å². The standard InChI is InChI=1S/C8H18N2O2/c1-2-6(8(11)12)4-3-5-7(9)10/h6-7H,2-5,9-10H2,1H3,(H,11,12). The molecule has 1 unspecified atom stereocenters. The molecular weight excluding hydrogens is 156 g/mol. The number of rotatable bonds is 6. The van der Waals surface area contributed by atoms with Crippen molar-refractivity contribution in [3.63, 3.8) is 0 Å². The number of hydrogen-bond acceptors (Lipinski definition) is 3. The van der Waals surface area contributed by atoms with Crippen LogP contribution in [0.25, 0.3) is 0 Å². The zero-order valence-corrected chi connectivity index (χ0v) is 7.49. The highest BCUT2D eigenvalue weighted by molar-refractivity contribution is 5.69. The van der Waals surface area contributed by atoms with E-state index in [0.29, 0.717) is 19.3 Å². The van der Waals surface area contributed by atoms with Crippen molar-refractivity contribution >= 4 is 5.97 Å². The van der Waals surface area contributed by atoms with Crippen LogP contribution in [-0.4, -0.2) is 17.2 Å². The minimum absolute atomic E-state index is 0.233. The molecule has 5 N–H and O–H groups in total. The highest BCUT2D eigenvalue weighted by Crippen LogP contribution is 2.12. The SMILES string of the molecule is CCC(CCCC(N)N)C(=O)O. The van der Waals surface area contributed by atoms with Gasteiger partial charge in [-0.15, -0.1) is 0 Å². The van der Waals surface area contributed by atoms with Crippen molar-refractivity contribution in [2.24, 2.45) is 17.4 Å². The lowest BCUT2D eigenvalue weighted by Crippen LogP contribution is -2.30. The molecule has 4 heteroatoms. The second-order valence-electron chi connectivity index (χ2n) is 3.04. The van der Waals surface area contributed by atoms with Gasteiger partial charge in [-0.1, -0.05) is 6.92 Å². The molecule has 0 aliphatic heterocycles. The van der Waals surface area contributed by atoms with Crippen LogP contribution in [0.3, 0.4) is 0 Å². The number of carbonyl (C=O) groups is 1. The Bertz CT molecular complexity index is 137. The fourth-order valence-electron chi connectivity index (χ4n) is 1.10. The van der Waals surface area contributed by atoms with E-state index < -0.39 is 5.97 Å². The maximum absolute atomic E-state index is 10.5. The molecule has 0 aromatic heterocycles. The van der Waals surface area contributed by atoms with E-state index in [1.165, 1.54) is 0 Å². The molecule has 0 bridgehead atoms. The molecule has 72 valence electrons. The van der Waals surface area contributed by atoms with Gasteiger partial charge in [-0.3, -0.25) is 4.79 Å². The molecule has 0 amide bonds. The molecule has 12 heavy (non-hydrogen) atoms.